The lowest BCUT2D eigenvalue weighted by Crippen LogP contribution is -2.13. The van der Waals surface area contributed by atoms with E-state index in [2.05, 4.69) is 0 Å². The van der Waals surface area contributed by atoms with Gasteiger partial charge in [-0.3, -0.25) is 0 Å². The molecule has 0 bridgehead atoms. The van der Waals surface area contributed by atoms with Crippen LogP contribution < -0.4 is 5.73 Å². The Morgan fingerprint density at radius 3 is 1.82 bits per heavy atom. The molecular weight excluding hydrogens is 265 g/mol. The van der Waals surface area contributed by atoms with Crippen LogP contribution in [0.2, 0.25) is 5.02 Å². The van der Waals surface area contributed by atoms with Crippen molar-refractivity contribution >= 4 is 17.3 Å². The van der Waals surface area contributed by atoms with Crippen LogP contribution in [0.5, 0.6) is 0 Å². The van der Waals surface area contributed by atoms with Crippen molar-refractivity contribution in [2.75, 3.05) is 5.73 Å². The predicted molar refractivity (Wildman–Crippen MR) is 56.9 cm³/mol. The van der Waals surface area contributed by atoms with Crippen molar-refractivity contribution in [2.24, 2.45) is 0 Å². The first kappa shape index (κ1) is 16.0. The average Bonchev–Trinajstić information content (AvgIpc) is 2.25. The number of halogens is 6. The van der Waals surface area contributed by atoms with Gasteiger partial charge < -0.3 is 5.73 Å². The van der Waals surface area contributed by atoms with E-state index in [0.717, 1.165) is 6.92 Å². The van der Waals surface area contributed by atoms with E-state index in [0.29, 0.717) is 0 Å². The highest BCUT2D eigenvalue weighted by Crippen LogP contribution is 2.41. The van der Waals surface area contributed by atoms with Crippen LogP contribution in [0.4, 0.5) is 27.6 Å². The zero-order chi connectivity index (χ0) is 14.0. The number of benzene rings is 1. The van der Waals surface area contributed by atoms with Gasteiger partial charge in [0.1, 0.15) is 5.69 Å². The molecule has 0 fully saturated rings. The molecule has 0 atom stereocenters. The fourth-order valence-corrected chi connectivity index (χ4v) is 1.49. The average molecular weight is 276 g/mol. The second-order valence-electron chi connectivity index (χ2n) is 2.85. The Labute approximate surface area is 100 Å². The molecule has 0 aliphatic carbocycles. The molecule has 1 aromatic rings. The van der Waals surface area contributed by atoms with Gasteiger partial charge in [-0.2, -0.15) is 13.2 Å². The van der Waals surface area contributed by atoms with Gasteiger partial charge in [-0.25, -0.2) is 8.78 Å². The quantitative estimate of drug-likeness (QED) is 0.419. The van der Waals surface area contributed by atoms with E-state index >= 15 is 0 Å². The summed E-state index contributed by atoms with van der Waals surface area (Å²) < 4.78 is 63.0. The van der Waals surface area contributed by atoms with Gasteiger partial charge in [0.2, 0.25) is 0 Å². The zero-order valence-corrected chi connectivity index (χ0v) is 10.1. The Bertz CT molecular complexity index is 385. The molecule has 0 heterocycles. The second-order valence-corrected chi connectivity index (χ2v) is 3.23. The van der Waals surface area contributed by atoms with E-state index in [1.54, 1.807) is 0 Å². The van der Waals surface area contributed by atoms with E-state index < -0.39 is 39.6 Å². The highest BCUT2D eigenvalue weighted by Gasteiger charge is 2.38. The smallest absolute Gasteiger partial charge is 0.394 e. The van der Waals surface area contributed by atoms with E-state index in [-0.39, 0.29) is 0 Å². The molecule has 0 saturated carbocycles. The topological polar surface area (TPSA) is 26.0 Å². The van der Waals surface area contributed by atoms with Gasteiger partial charge in [0, 0.05) is 5.56 Å². The molecule has 0 aliphatic rings. The number of anilines is 1. The Kier molecular flexibility index (Phi) is 5.19. The molecule has 0 saturated heterocycles. The number of hydrogen-bond acceptors (Lipinski definition) is 1. The summed E-state index contributed by atoms with van der Waals surface area (Å²) in [5.41, 5.74) is 1.54. The highest BCUT2D eigenvalue weighted by molar-refractivity contribution is 6.32. The van der Waals surface area contributed by atoms with Crippen molar-refractivity contribution in [2.45, 2.75) is 26.9 Å². The number of nitrogens with two attached hydrogens (primary N) is 1. The molecule has 17 heavy (non-hydrogen) atoms. The highest BCUT2D eigenvalue weighted by atomic mass is 35.5. The van der Waals surface area contributed by atoms with E-state index in [4.69, 9.17) is 17.3 Å². The lowest BCUT2D eigenvalue weighted by atomic mass is 10.1. The van der Waals surface area contributed by atoms with Crippen LogP contribution in [-0.2, 0) is 6.18 Å². The predicted octanol–water partition coefficient (Wildman–Crippen LogP) is 4.55. The standard InChI is InChI=1S/C8H5ClF5N.C2H6/c1-2-3(8(12,13)14)4(9)6(11)7(15)5(2)10;1-2/h15H2,1H3;1-2H3. The maximum atomic E-state index is 13.0. The molecule has 98 valence electrons. The number of rotatable bonds is 0. The lowest BCUT2D eigenvalue weighted by Gasteiger charge is -2.14. The van der Waals surface area contributed by atoms with Crippen LogP contribution in [0, 0.1) is 18.6 Å². The van der Waals surface area contributed by atoms with Crippen molar-refractivity contribution in [3.05, 3.63) is 27.8 Å². The summed E-state index contributed by atoms with van der Waals surface area (Å²) in [5.74, 6) is -3.03. The Hall–Kier alpha value is -1.04. The Balaban J connectivity index is 0.00000121. The van der Waals surface area contributed by atoms with Gasteiger partial charge in [-0.1, -0.05) is 25.4 Å². The Morgan fingerprint density at radius 2 is 1.47 bits per heavy atom. The lowest BCUT2D eigenvalue weighted by molar-refractivity contribution is -0.138. The van der Waals surface area contributed by atoms with E-state index in [9.17, 15) is 22.0 Å². The first-order valence-corrected chi connectivity index (χ1v) is 5.05. The molecule has 1 nitrogen and oxygen atoms in total. The first-order chi connectivity index (χ1) is 7.68. The summed E-state index contributed by atoms with van der Waals surface area (Å²) in [6.07, 6.45) is -4.92. The summed E-state index contributed by atoms with van der Waals surface area (Å²) in [5, 5.41) is -1.21. The van der Waals surface area contributed by atoms with Gasteiger partial charge in [0.25, 0.3) is 0 Å². The van der Waals surface area contributed by atoms with Gasteiger partial charge in [-0.05, 0) is 6.92 Å². The molecule has 0 radical (unpaired) electrons. The minimum atomic E-state index is -4.92. The van der Waals surface area contributed by atoms with Crippen LogP contribution in [0.3, 0.4) is 0 Å². The molecule has 0 unspecified atom stereocenters. The molecule has 1 aromatic carbocycles. The number of hydrogen-bond donors (Lipinski definition) is 1. The molecule has 0 spiro atoms. The number of nitrogen functional groups attached to an aromatic ring is 1. The van der Waals surface area contributed by atoms with Crippen LogP contribution in [-0.4, -0.2) is 0 Å². The van der Waals surface area contributed by atoms with Gasteiger partial charge in [0.15, 0.2) is 11.6 Å². The molecule has 2 N–H and O–H groups in total. The maximum Gasteiger partial charge on any atom is 0.418 e. The van der Waals surface area contributed by atoms with Crippen LogP contribution in [0.25, 0.3) is 0 Å². The minimum Gasteiger partial charge on any atom is -0.394 e. The summed E-state index contributed by atoms with van der Waals surface area (Å²) in [4.78, 5) is 0. The van der Waals surface area contributed by atoms with E-state index in [1.165, 1.54) is 0 Å². The third-order valence-corrected chi connectivity index (χ3v) is 2.23. The molecule has 1 rings (SSSR count). The molecule has 0 aromatic heterocycles. The third-order valence-electron chi connectivity index (χ3n) is 1.87. The van der Waals surface area contributed by atoms with E-state index in [1.807, 2.05) is 13.8 Å². The normalized spacial score (nSPS) is 10.9. The van der Waals surface area contributed by atoms with Crippen LogP contribution >= 0.6 is 11.6 Å². The molecule has 0 amide bonds. The molecular formula is C10H11ClF5N. The van der Waals surface area contributed by atoms with Crippen molar-refractivity contribution in [1.29, 1.82) is 0 Å². The summed E-state index contributed by atoms with van der Waals surface area (Å²) in [6, 6.07) is 0. The summed E-state index contributed by atoms with van der Waals surface area (Å²) in [6.45, 7) is 4.83. The number of alkyl halides is 3. The SMILES string of the molecule is CC.Cc1c(F)c(N)c(F)c(Cl)c1C(F)(F)F. The van der Waals surface area contributed by atoms with Gasteiger partial charge in [-0.15, -0.1) is 0 Å². The fourth-order valence-electron chi connectivity index (χ4n) is 1.14. The largest absolute Gasteiger partial charge is 0.418 e. The van der Waals surface area contributed by atoms with Gasteiger partial charge in [0.05, 0.1) is 10.6 Å². The third kappa shape index (κ3) is 3.00. The van der Waals surface area contributed by atoms with Crippen molar-refractivity contribution < 1.29 is 22.0 Å². The first-order valence-electron chi connectivity index (χ1n) is 4.67. The molecule has 0 aliphatic heterocycles. The van der Waals surface area contributed by atoms with Gasteiger partial charge >= 0.3 is 6.18 Å². The Morgan fingerprint density at radius 1 is 1.06 bits per heavy atom. The summed E-state index contributed by atoms with van der Waals surface area (Å²) >= 11 is 5.12. The van der Waals surface area contributed by atoms with Crippen molar-refractivity contribution in [1.82, 2.24) is 0 Å². The fraction of sp³-hybridized carbons (Fsp3) is 0.400. The van der Waals surface area contributed by atoms with Crippen LogP contribution in [0.1, 0.15) is 25.0 Å². The van der Waals surface area contributed by atoms with Crippen LogP contribution in [0.15, 0.2) is 0 Å². The summed E-state index contributed by atoms with van der Waals surface area (Å²) in [7, 11) is 0. The van der Waals surface area contributed by atoms with Crippen molar-refractivity contribution in [3.8, 4) is 0 Å². The zero-order valence-electron chi connectivity index (χ0n) is 9.35. The minimum absolute atomic E-state index is 0.814. The maximum absolute atomic E-state index is 13.0. The molecule has 7 heteroatoms. The van der Waals surface area contributed by atoms with Crippen molar-refractivity contribution in [3.63, 3.8) is 0 Å². The monoisotopic (exact) mass is 275 g/mol. The second kappa shape index (κ2) is 5.53.